The molecule has 0 radical (unpaired) electrons. The standard InChI is InChI=1S/C39H30N2O8/c1-39(2,27-13-17-33(18-14-27)48-37-23-29(40(42)43)21-35(25-37)46-31-9-5-3-6-10-31)28-15-19-34(20-16-28)49-38-24-30(41(44)45)22-36(26-38)47-32-11-7-4-8-12-32/h3-26H,1-2H3. The summed E-state index contributed by atoms with van der Waals surface area (Å²) < 4.78 is 23.6. The highest BCUT2D eigenvalue weighted by atomic mass is 16.6. The van der Waals surface area contributed by atoms with E-state index in [4.69, 9.17) is 18.9 Å². The van der Waals surface area contributed by atoms with Gasteiger partial charge in [-0.2, -0.15) is 0 Å². The molecule has 0 unspecified atom stereocenters. The lowest BCUT2D eigenvalue weighted by Crippen LogP contribution is -2.18. The van der Waals surface area contributed by atoms with Gasteiger partial charge in [-0.3, -0.25) is 20.2 Å². The van der Waals surface area contributed by atoms with Crippen LogP contribution in [0.15, 0.2) is 146 Å². The van der Waals surface area contributed by atoms with Gasteiger partial charge in [0.05, 0.1) is 34.1 Å². The topological polar surface area (TPSA) is 123 Å². The van der Waals surface area contributed by atoms with Crippen LogP contribution in [0.4, 0.5) is 11.4 Å². The van der Waals surface area contributed by atoms with Crippen LogP contribution in [0.5, 0.6) is 46.0 Å². The largest absolute Gasteiger partial charge is 0.457 e. The van der Waals surface area contributed by atoms with Gasteiger partial charge in [0.15, 0.2) is 0 Å². The Morgan fingerprint density at radius 2 is 0.694 bits per heavy atom. The maximum absolute atomic E-state index is 11.6. The number of hydrogen-bond acceptors (Lipinski definition) is 8. The van der Waals surface area contributed by atoms with Crippen LogP contribution in [0.3, 0.4) is 0 Å². The molecular weight excluding hydrogens is 624 g/mol. The third-order valence-corrected chi connectivity index (χ3v) is 7.73. The molecule has 0 spiro atoms. The van der Waals surface area contributed by atoms with Crippen molar-refractivity contribution >= 4 is 11.4 Å². The van der Waals surface area contributed by atoms with E-state index in [-0.39, 0.29) is 34.4 Å². The molecule has 244 valence electrons. The zero-order valence-electron chi connectivity index (χ0n) is 26.5. The van der Waals surface area contributed by atoms with Crippen LogP contribution in [0.1, 0.15) is 25.0 Å². The molecule has 10 heteroatoms. The van der Waals surface area contributed by atoms with Crippen molar-refractivity contribution in [1.29, 1.82) is 0 Å². The third kappa shape index (κ3) is 8.01. The average molecular weight is 655 g/mol. The van der Waals surface area contributed by atoms with Crippen LogP contribution in [0.25, 0.3) is 0 Å². The molecule has 6 aromatic carbocycles. The molecule has 6 rings (SSSR count). The minimum Gasteiger partial charge on any atom is -0.457 e. The number of non-ortho nitro benzene ring substituents is 2. The van der Waals surface area contributed by atoms with Gasteiger partial charge < -0.3 is 18.9 Å². The SMILES string of the molecule is CC(C)(c1ccc(Oc2cc(Oc3ccccc3)cc([N+](=O)[O-])c2)cc1)c1ccc(Oc2cc(Oc3ccccc3)cc([N+](=O)[O-])c2)cc1. The molecule has 0 aromatic heterocycles. The number of nitro benzene ring substituents is 2. The van der Waals surface area contributed by atoms with Gasteiger partial charge in [-0.1, -0.05) is 74.5 Å². The van der Waals surface area contributed by atoms with Crippen LogP contribution in [-0.2, 0) is 5.41 Å². The zero-order chi connectivity index (χ0) is 34.4. The normalized spacial score (nSPS) is 11.0. The summed E-state index contributed by atoms with van der Waals surface area (Å²) in [6, 6.07) is 41.6. The molecule has 0 heterocycles. The smallest absolute Gasteiger partial charge is 0.276 e. The van der Waals surface area contributed by atoms with E-state index in [0.717, 1.165) is 11.1 Å². The lowest BCUT2D eigenvalue weighted by atomic mass is 9.78. The molecule has 49 heavy (non-hydrogen) atoms. The van der Waals surface area contributed by atoms with E-state index in [2.05, 4.69) is 13.8 Å². The number of benzene rings is 6. The van der Waals surface area contributed by atoms with E-state index in [9.17, 15) is 20.2 Å². The Morgan fingerprint density at radius 3 is 0.980 bits per heavy atom. The Hall–Kier alpha value is -6.68. The second-order valence-electron chi connectivity index (χ2n) is 11.5. The maximum atomic E-state index is 11.6. The molecule has 0 aliphatic rings. The van der Waals surface area contributed by atoms with Gasteiger partial charge in [0.25, 0.3) is 11.4 Å². The molecule has 0 amide bonds. The molecule has 10 nitrogen and oxygen atoms in total. The van der Waals surface area contributed by atoms with Crippen molar-refractivity contribution < 1.29 is 28.8 Å². The fourth-order valence-corrected chi connectivity index (χ4v) is 5.13. The monoisotopic (exact) mass is 654 g/mol. The Kier molecular flexibility index (Phi) is 9.21. The van der Waals surface area contributed by atoms with Crippen LogP contribution in [0.2, 0.25) is 0 Å². The van der Waals surface area contributed by atoms with Gasteiger partial charge in [-0.15, -0.1) is 0 Å². The van der Waals surface area contributed by atoms with E-state index >= 15 is 0 Å². The van der Waals surface area contributed by atoms with E-state index in [1.54, 1.807) is 36.4 Å². The fourth-order valence-electron chi connectivity index (χ4n) is 5.13. The quantitative estimate of drug-likeness (QED) is 0.0943. The van der Waals surface area contributed by atoms with E-state index in [1.807, 2.05) is 84.9 Å². The van der Waals surface area contributed by atoms with E-state index < -0.39 is 15.3 Å². The number of para-hydroxylation sites is 2. The molecule has 0 saturated heterocycles. The highest BCUT2D eigenvalue weighted by Crippen LogP contribution is 2.38. The summed E-state index contributed by atoms with van der Waals surface area (Å²) >= 11 is 0. The van der Waals surface area contributed by atoms with Crippen molar-refractivity contribution in [3.8, 4) is 46.0 Å². The van der Waals surface area contributed by atoms with Gasteiger partial charge in [-0.05, 0) is 59.7 Å². The number of ether oxygens (including phenoxy) is 4. The summed E-state index contributed by atoms with van der Waals surface area (Å²) in [5.74, 6) is 3.21. The van der Waals surface area contributed by atoms with E-state index in [0.29, 0.717) is 23.0 Å². The van der Waals surface area contributed by atoms with Crippen molar-refractivity contribution in [1.82, 2.24) is 0 Å². The lowest BCUT2D eigenvalue weighted by Gasteiger charge is -2.26. The molecule has 6 aromatic rings. The maximum Gasteiger partial charge on any atom is 0.276 e. The zero-order valence-corrected chi connectivity index (χ0v) is 26.5. The second kappa shape index (κ2) is 14.0. The van der Waals surface area contributed by atoms with Crippen LogP contribution >= 0.6 is 0 Å². The number of nitro groups is 2. The first-order valence-corrected chi connectivity index (χ1v) is 15.2. The lowest BCUT2D eigenvalue weighted by molar-refractivity contribution is -0.385. The molecule has 0 aliphatic heterocycles. The second-order valence-corrected chi connectivity index (χ2v) is 11.5. The molecule has 0 aliphatic carbocycles. The first-order chi connectivity index (χ1) is 23.6. The van der Waals surface area contributed by atoms with Crippen molar-refractivity contribution in [2.24, 2.45) is 0 Å². The Labute approximate surface area is 282 Å². The molecule has 0 bridgehead atoms. The Morgan fingerprint density at radius 1 is 0.408 bits per heavy atom. The summed E-state index contributed by atoms with van der Waals surface area (Å²) in [6.07, 6.45) is 0. The first-order valence-electron chi connectivity index (χ1n) is 15.2. The summed E-state index contributed by atoms with van der Waals surface area (Å²) in [6.45, 7) is 4.17. The third-order valence-electron chi connectivity index (χ3n) is 7.73. The van der Waals surface area contributed by atoms with Gasteiger partial charge in [0.1, 0.15) is 46.0 Å². The van der Waals surface area contributed by atoms with Gasteiger partial charge in [0.2, 0.25) is 0 Å². The average Bonchev–Trinajstić information content (AvgIpc) is 3.09. The van der Waals surface area contributed by atoms with Gasteiger partial charge >= 0.3 is 0 Å². The number of rotatable bonds is 12. The van der Waals surface area contributed by atoms with E-state index in [1.165, 1.54) is 24.3 Å². The van der Waals surface area contributed by atoms with Crippen molar-refractivity contribution in [3.63, 3.8) is 0 Å². The molecule has 0 saturated carbocycles. The highest BCUT2D eigenvalue weighted by Gasteiger charge is 2.24. The first kappa shape index (κ1) is 32.3. The Balaban J connectivity index is 1.16. The molecule has 0 fully saturated rings. The van der Waals surface area contributed by atoms with Crippen molar-refractivity contribution in [2.45, 2.75) is 19.3 Å². The predicted molar refractivity (Wildman–Crippen MR) is 184 cm³/mol. The number of nitrogens with zero attached hydrogens (tertiary/aromatic N) is 2. The Bertz CT molecular complexity index is 1930. The minimum atomic E-state index is -0.492. The van der Waals surface area contributed by atoms with Gasteiger partial charge in [-0.25, -0.2) is 0 Å². The number of hydrogen-bond donors (Lipinski definition) is 0. The summed E-state index contributed by atoms with van der Waals surface area (Å²) in [7, 11) is 0. The van der Waals surface area contributed by atoms with Crippen molar-refractivity contribution in [3.05, 3.63) is 177 Å². The van der Waals surface area contributed by atoms with Crippen LogP contribution in [-0.4, -0.2) is 9.85 Å². The molecule has 0 N–H and O–H groups in total. The highest BCUT2D eigenvalue weighted by molar-refractivity contribution is 5.51. The van der Waals surface area contributed by atoms with Crippen LogP contribution < -0.4 is 18.9 Å². The summed E-state index contributed by atoms with van der Waals surface area (Å²) in [5.41, 5.74) is 1.28. The molecular formula is C39H30N2O8. The summed E-state index contributed by atoms with van der Waals surface area (Å²) in [5, 5.41) is 23.2. The summed E-state index contributed by atoms with van der Waals surface area (Å²) in [4.78, 5) is 22.2. The van der Waals surface area contributed by atoms with Crippen molar-refractivity contribution in [2.75, 3.05) is 0 Å². The van der Waals surface area contributed by atoms with Gasteiger partial charge in [0, 0.05) is 17.5 Å². The fraction of sp³-hybridized carbons (Fsp3) is 0.0769. The predicted octanol–water partition coefficient (Wildman–Crippen LogP) is 11.0. The van der Waals surface area contributed by atoms with Crippen LogP contribution in [0, 0.1) is 20.2 Å². The molecule has 0 atom stereocenters. The minimum absolute atomic E-state index is 0.153.